The second kappa shape index (κ2) is 15.8. The van der Waals surface area contributed by atoms with E-state index in [1.807, 2.05) is 11.8 Å². The summed E-state index contributed by atoms with van der Waals surface area (Å²) in [5.41, 5.74) is 6.14. The van der Waals surface area contributed by atoms with Crippen molar-refractivity contribution in [2.24, 2.45) is 0 Å². The molecule has 1 aliphatic rings. The quantitative estimate of drug-likeness (QED) is 0.0951. The molecule has 1 radical (unpaired) electrons. The maximum atomic E-state index is 5.79. The van der Waals surface area contributed by atoms with Crippen LogP contribution in [0.5, 0.6) is 5.75 Å². The molecule has 0 bridgehead atoms. The SMILES string of the molecule is CCCN(CCC[N+](C)(C)Cc1ccccc1)c1cc(C=C2Sc3ccccc3N2C)c2ccc(OC)cc2[n+]1-c1ccccc1.[Y]. The molecule has 6 rings (SSSR count). The number of para-hydroxylation sites is 2. The molecule has 0 N–H and O–H groups in total. The summed E-state index contributed by atoms with van der Waals surface area (Å²) in [5.74, 6) is 2.06. The molecule has 0 saturated carbocycles. The fourth-order valence-corrected chi connectivity index (χ4v) is 7.61. The Hall–Kier alpha value is -3.16. The molecule has 7 heteroatoms. The monoisotopic (exact) mass is 719 g/mol. The van der Waals surface area contributed by atoms with E-state index in [9.17, 15) is 0 Å². The molecule has 5 nitrogen and oxygen atoms in total. The number of hydrogen-bond donors (Lipinski definition) is 0. The summed E-state index contributed by atoms with van der Waals surface area (Å²) < 4.78 is 9.18. The number of aromatic nitrogens is 1. The predicted octanol–water partition coefficient (Wildman–Crippen LogP) is 8.55. The smallest absolute Gasteiger partial charge is 0.282 e. The van der Waals surface area contributed by atoms with Crippen LogP contribution in [0, 0.1) is 0 Å². The molecule has 239 valence electrons. The van der Waals surface area contributed by atoms with Gasteiger partial charge in [-0.1, -0.05) is 79.3 Å². The third-order valence-corrected chi connectivity index (χ3v) is 9.96. The number of benzene rings is 4. The van der Waals surface area contributed by atoms with E-state index in [4.69, 9.17) is 4.74 Å². The fraction of sp³-hybridized carbons (Fsp3) is 0.275. The van der Waals surface area contributed by atoms with E-state index in [0.29, 0.717) is 0 Å². The number of thioether (sulfide) groups is 1. The van der Waals surface area contributed by atoms with Gasteiger partial charge in [0, 0.05) is 74.2 Å². The third kappa shape index (κ3) is 8.12. The van der Waals surface area contributed by atoms with Crippen molar-refractivity contribution in [1.29, 1.82) is 0 Å². The van der Waals surface area contributed by atoms with Gasteiger partial charge in [0.1, 0.15) is 23.5 Å². The average molecular weight is 720 g/mol. The molecule has 0 spiro atoms. The second-order valence-electron chi connectivity index (χ2n) is 12.8. The largest absolute Gasteiger partial charge is 0.497 e. The molecule has 0 amide bonds. The van der Waals surface area contributed by atoms with Crippen LogP contribution >= 0.6 is 11.8 Å². The summed E-state index contributed by atoms with van der Waals surface area (Å²) in [6.07, 6.45) is 4.52. The molecule has 47 heavy (non-hydrogen) atoms. The van der Waals surface area contributed by atoms with Gasteiger partial charge in [-0.25, -0.2) is 0 Å². The van der Waals surface area contributed by atoms with Crippen LogP contribution in [0.4, 0.5) is 11.5 Å². The minimum Gasteiger partial charge on any atom is -0.497 e. The zero-order valence-electron chi connectivity index (χ0n) is 28.4. The summed E-state index contributed by atoms with van der Waals surface area (Å²) in [4.78, 5) is 6.20. The maximum absolute atomic E-state index is 5.79. The summed E-state index contributed by atoms with van der Waals surface area (Å²) in [7, 11) is 8.62. The molecule has 4 aromatic carbocycles. The van der Waals surface area contributed by atoms with E-state index in [1.165, 1.54) is 37.9 Å². The molecular weight excluding hydrogens is 673 g/mol. The number of anilines is 2. The zero-order chi connectivity index (χ0) is 32.1. The number of pyridine rings is 1. The van der Waals surface area contributed by atoms with Crippen LogP contribution in [-0.4, -0.2) is 52.4 Å². The van der Waals surface area contributed by atoms with Crippen molar-refractivity contribution in [2.45, 2.75) is 31.2 Å². The molecule has 0 fully saturated rings. The Morgan fingerprint density at radius 1 is 0.872 bits per heavy atom. The first-order valence-electron chi connectivity index (χ1n) is 16.3. The van der Waals surface area contributed by atoms with Gasteiger partial charge in [-0.3, -0.25) is 4.90 Å². The number of hydrogen-bond acceptors (Lipinski definition) is 4. The Kier molecular flexibility index (Phi) is 11.8. The molecule has 0 unspecified atom stereocenters. The van der Waals surface area contributed by atoms with E-state index in [1.54, 1.807) is 7.11 Å². The molecule has 1 aromatic heterocycles. The number of ether oxygens (including phenoxy) is 1. The van der Waals surface area contributed by atoms with Crippen molar-refractivity contribution in [2.75, 3.05) is 57.7 Å². The van der Waals surface area contributed by atoms with Crippen LogP contribution in [0.2, 0.25) is 0 Å². The molecule has 2 heterocycles. The predicted molar refractivity (Wildman–Crippen MR) is 195 cm³/mol. The Labute approximate surface area is 310 Å². The van der Waals surface area contributed by atoms with Gasteiger partial charge < -0.3 is 14.1 Å². The van der Waals surface area contributed by atoms with E-state index >= 15 is 0 Å². The van der Waals surface area contributed by atoms with Crippen molar-refractivity contribution in [1.82, 2.24) is 0 Å². The van der Waals surface area contributed by atoms with Gasteiger partial charge in [-0.15, -0.1) is 0 Å². The maximum Gasteiger partial charge on any atom is 0.282 e. The first kappa shape index (κ1) is 35.2. The summed E-state index contributed by atoms with van der Waals surface area (Å²) in [5, 5.41) is 2.42. The molecule has 0 aliphatic carbocycles. The van der Waals surface area contributed by atoms with Gasteiger partial charge in [0.05, 0.1) is 51.6 Å². The van der Waals surface area contributed by atoms with Crippen LogP contribution in [0.1, 0.15) is 30.9 Å². The van der Waals surface area contributed by atoms with Crippen LogP contribution in [-0.2, 0) is 39.3 Å². The zero-order valence-corrected chi connectivity index (χ0v) is 32.0. The minimum atomic E-state index is 0. The standard InChI is InChI=1S/C40H46N4OS.Y/c1-6-24-42(25-15-26-44(3,4)30-31-16-9-7-10-17-31)39-27-32(28-40-41(2)36-20-13-14-21-38(36)46-40)35-23-22-34(45-5)29-37(35)43(39)33-18-11-8-12-19-33;/h7-14,16-23,27-29H,6,15,24-26,30H2,1-5H3;/q+2;. The number of nitrogens with zero attached hydrogens (tertiary/aromatic N) is 4. The number of methoxy groups -OCH3 is 1. The summed E-state index contributed by atoms with van der Waals surface area (Å²) in [6, 6.07) is 39.2. The third-order valence-electron chi connectivity index (χ3n) is 8.80. The number of fused-ring (bicyclic) bond motifs is 2. The van der Waals surface area contributed by atoms with Gasteiger partial charge >= 0.3 is 0 Å². The minimum absolute atomic E-state index is 0. The normalized spacial score (nSPS) is 13.5. The van der Waals surface area contributed by atoms with Crippen molar-refractivity contribution >= 4 is 40.2 Å². The second-order valence-corrected chi connectivity index (χ2v) is 13.8. The molecule has 0 atom stereocenters. The van der Waals surface area contributed by atoms with Crippen molar-refractivity contribution in [3.8, 4) is 11.4 Å². The number of quaternary nitrogens is 1. The fourth-order valence-electron chi connectivity index (χ4n) is 6.51. The van der Waals surface area contributed by atoms with Crippen LogP contribution < -0.4 is 19.1 Å². The Morgan fingerprint density at radius 2 is 1.57 bits per heavy atom. The van der Waals surface area contributed by atoms with Gasteiger partial charge in [0.2, 0.25) is 0 Å². The molecule has 0 saturated heterocycles. The Bertz CT molecular complexity index is 1830. The average Bonchev–Trinajstić information content (AvgIpc) is 3.39. The van der Waals surface area contributed by atoms with Crippen molar-refractivity contribution in [3.05, 3.63) is 125 Å². The Balaban J connectivity index is 0.00000433. The van der Waals surface area contributed by atoms with Crippen LogP contribution in [0.15, 0.2) is 119 Å². The molecular formula is C40H46N4OSY+2. The van der Waals surface area contributed by atoms with Gasteiger partial charge in [0.15, 0.2) is 0 Å². The number of rotatable bonds is 12. The van der Waals surface area contributed by atoms with E-state index in [2.05, 4.69) is 158 Å². The van der Waals surface area contributed by atoms with Gasteiger partial charge in [-0.2, -0.15) is 4.57 Å². The Morgan fingerprint density at radius 3 is 2.28 bits per heavy atom. The first-order chi connectivity index (χ1) is 22.4. The van der Waals surface area contributed by atoms with E-state index in [-0.39, 0.29) is 32.7 Å². The molecule has 1 aliphatic heterocycles. The van der Waals surface area contributed by atoms with Crippen LogP contribution in [0.3, 0.4) is 0 Å². The summed E-state index contributed by atoms with van der Waals surface area (Å²) in [6.45, 7) is 6.36. The van der Waals surface area contributed by atoms with Crippen molar-refractivity contribution in [3.63, 3.8) is 0 Å². The first-order valence-corrected chi connectivity index (χ1v) is 17.1. The van der Waals surface area contributed by atoms with Gasteiger partial charge in [-0.05, 0) is 54.5 Å². The van der Waals surface area contributed by atoms with Gasteiger partial charge in [0.25, 0.3) is 5.82 Å². The topological polar surface area (TPSA) is 19.6 Å². The van der Waals surface area contributed by atoms with E-state index in [0.717, 1.165) is 60.5 Å². The molecule has 5 aromatic rings. The van der Waals surface area contributed by atoms with E-state index < -0.39 is 0 Å². The van der Waals surface area contributed by atoms with Crippen molar-refractivity contribution < 1.29 is 46.5 Å². The van der Waals surface area contributed by atoms with Crippen LogP contribution in [0.25, 0.3) is 22.7 Å². The summed E-state index contributed by atoms with van der Waals surface area (Å²) >= 11 is 1.84.